The fourth-order valence-electron chi connectivity index (χ4n) is 7.56. The van der Waals surface area contributed by atoms with Crippen LogP contribution in [0.2, 0.25) is 0 Å². The number of alkyl halides is 1. The number of allylic oxidation sites excluding steroid dienone is 1. The number of benzene rings is 1. The number of nitrogens with zero attached hydrogens (tertiary/aromatic N) is 3. The Morgan fingerprint density at radius 1 is 1.21 bits per heavy atom. The molecule has 4 aliphatic heterocycles. The minimum Gasteiger partial charge on any atom is -0.463 e. The summed E-state index contributed by atoms with van der Waals surface area (Å²) in [6.07, 6.45) is 3.61. The molecule has 4 fully saturated rings. The van der Waals surface area contributed by atoms with Crippen LogP contribution in [0.15, 0.2) is 55.6 Å². The van der Waals surface area contributed by atoms with Crippen LogP contribution in [0.3, 0.4) is 0 Å². The maximum absolute atomic E-state index is 14.6. The number of amides is 3. The van der Waals surface area contributed by atoms with Gasteiger partial charge in [0.25, 0.3) is 0 Å². The number of hydrogen-bond acceptors (Lipinski definition) is 9. The van der Waals surface area contributed by atoms with Gasteiger partial charge < -0.3 is 34.4 Å². The average Bonchev–Trinajstić information content (AvgIpc) is 3.70. The van der Waals surface area contributed by atoms with Crippen molar-refractivity contribution >= 4 is 39.6 Å². The molecular weight excluding hydrogens is 684 g/mol. The third-order valence-corrected chi connectivity index (χ3v) is 10.8. The largest absolute Gasteiger partial charge is 0.463 e. The van der Waals surface area contributed by atoms with Gasteiger partial charge in [0.1, 0.15) is 18.2 Å². The van der Waals surface area contributed by atoms with E-state index in [0.717, 1.165) is 18.7 Å². The smallest absolute Gasteiger partial charge is 0.306 e. The van der Waals surface area contributed by atoms with Gasteiger partial charge in [-0.3, -0.25) is 24.1 Å². The fourth-order valence-corrected chi connectivity index (χ4v) is 8.50. The van der Waals surface area contributed by atoms with Crippen LogP contribution in [0.25, 0.3) is 0 Å². The molecule has 1 spiro atoms. The Morgan fingerprint density at radius 2 is 1.94 bits per heavy atom. The molecule has 2 N–H and O–H groups in total. The molecule has 48 heavy (non-hydrogen) atoms. The predicted octanol–water partition coefficient (Wildman–Crippen LogP) is 1.83. The molecule has 8 atom stereocenters. The number of nitrogens with one attached hydrogen (secondary N) is 1. The number of carbonyl (C=O) groups excluding carboxylic acids is 4. The zero-order chi connectivity index (χ0) is 34.4. The van der Waals surface area contributed by atoms with Crippen LogP contribution in [0, 0.1) is 11.8 Å². The van der Waals surface area contributed by atoms with Gasteiger partial charge in [-0.1, -0.05) is 58.4 Å². The SMILES string of the molecule is C=CCCC(=O)OC[C@H](NC(=O)[C@H]1[C@@H]2O[C@@]3(CC2Br)[C@@H]1C(=O)N([C@H](C)CO)[C@@H]3C(=O)N(CC=C)CCN1CCOCC1)c1ccccc1. The van der Waals surface area contributed by atoms with Crippen molar-refractivity contribution in [1.29, 1.82) is 0 Å². The summed E-state index contributed by atoms with van der Waals surface area (Å²) in [7, 11) is 0. The molecule has 1 unspecified atom stereocenters. The number of morpholine rings is 1. The monoisotopic (exact) mass is 730 g/mol. The summed E-state index contributed by atoms with van der Waals surface area (Å²) >= 11 is 3.72. The van der Waals surface area contributed by atoms with Gasteiger partial charge in [-0.25, -0.2) is 0 Å². The Balaban J connectivity index is 1.42. The van der Waals surface area contributed by atoms with Crippen molar-refractivity contribution in [2.75, 3.05) is 59.2 Å². The lowest BCUT2D eigenvalue weighted by Gasteiger charge is -2.39. The summed E-state index contributed by atoms with van der Waals surface area (Å²) in [6, 6.07) is 6.76. The quantitative estimate of drug-likeness (QED) is 0.148. The van der Waals surface area contributed by atoms with Gasteiger partial charge >= 0.3 is 5.97 Å². The average molecular weight is 732 g/mol. The third kappa shape index (κ3) is 7.25. The molecule has 0 aliphatic carbocycles. The van der Waals surface area contributed by atoms with Crippen LogP contribution in [0.4, 0.5) is 0 Å². The van der Waals surface area contributed by atoms with E-state index in [1.807, 2.05) is 30.3 Å². The van der Waals surface area contributed by atoms with Gasteiger partial charge in [-0.2, -0.15) is 0 Å². The van der Waals surface area contributed by atoms with E-state index in [4.69, 9.17) is 14.2 Å². The molecule has 1 aromatic rings. The Kier molecular flexibility index (Phi) is 12.1. The second kappa shape index (κ2) is 16.1. The van der Waals surface area contributed by atoms with Crippen LogP contribution in [0.1, 0.15) is 37.8 Å². The van der Waals surface area contributed by atoms with Crippen molar-refractivity contribution < 1.29 is 38.5 Å². The molecular formula is C35H47BrN4O8. The van der Waals surface area contributed by atoms with Gasteiger partial charge in [0.05, 0.1) is 49.8 Å². The summed E-state index contributed by atoms with van der Waals surface area (Å²) in [4.78, 5) is 60.7. The van der Waals surface area contributed by atoms with Gasteiger partial charge in [-0.05, 0) is 25.3 Å². The van der Waals surface area contributed by atoms with E-state index < -0.39 is 59.5 Å². The zero-order valence-corrected chi connectivity index (χ0v) is 29.1. The molecule has 1 aromatic carbocycles. The highest BCUT2D eigenvalue weighted by Gasteiger charge is 2.77. The van der Waals surface area contributed by atoms with Crippen molar-refractivity contribution in [3.05, 3.63) is 61.2 Å². The van der Waals surface area contributed by atoms with E-state index >= 15 is 0 Å². The van der Waals surface area contributed by atoms with Crippen LogP contribution in [-0.2, 0) is 33.4 Å². The topological polar surface area (TPSA) is 138 Å². The standard InChI is InChI=1S/C35H47BrN4O8/c1-4-6-12-27(42)47-22-26(24-10-8-7-9-11-24)37-32(43)28-29-33(44)40(23(3)21-41)31(35(29)20-25(36)30(28)48-35)34(45)39(13-5-2)15-14-38-16-18-46-19-17-38/h4-5,7-11,23,25-26,28-31,41H,1-2,6,12-22H2,3H3,(H,37,43)/t23-,25?,26+,28-,29+,30-,31-,35+/m1/s1. The molecule has 0 aromatic heterocycles. The molecule has 4 aliphatic rings. The minimum atomic E-state index is -1.28. The number of aliphatic hydroxyl groups is 1. The van der Waals surface area contributed by atoms with Crippen molar-refractivity contribution in [3.8, 4) is 0 Å². The van der Waals surface area contributed by atoms with Crippen LogP contribution >= 0.6 is 15.9 Å². The number of hydrogen-bond donors (Lipinski definition) is 2. The second-order valence-corrected chi connectivity index (χ2v) is 14.1. The summed E-state index contributed by atoms with van der Waals surface area (Å²) in [5.74, 6) is -3.40. The molecule has 4 saturated heterocycles. The van der Waals surface area contributed by atoms with Gasteiger partial charge in [0, 0.05) is 44.0 Å². The molecule has 12 nitrogen and oxygen atoms in total. The fraction of sp³-hybridized carbons (Fsp3) is 0.600. The Bertz CT molecular complexity index is 1340. The van der Waals surface area contributed by atoms with Crippen LogP contribution < -0.4 is 5.32 Å². The second-order valence-electron chi connectivity index (χ2n) is 12.9. The maximum atomic E-state index is 14.6. The van der Waals surface area contributed by atoms with E-state index in [-0.39, 0.29) is 36.9 Å². The van der Waals surface area contributed by atoms with Gasteiger partial charge in [-0.15, -0.1) is 13.2 Å². The third-order valence-electron chi connectivity index (χ3n) is 9.94. The lowest BCUT2D eigenvalue weighted by molar-refractivity contribution is -0.151. The number of ether oxygens (including phenoxy) is 3. The van der Waals surface area contributed by atoms with E-state index in [1.165, 1.54) is 4.90 Å². The normalized spacial score (nSPS) is 29.2. The number of fused-ring (bicyclic) bond motifs is 1. The van der Waals surface area contributed by atoms with E-state index in [2.05, 4.69) is 39.3 Å². The highest BCUT2D eigenvalue weighted by molar-refractivity contribution is 9.09. The summed E-state index contributed by atoms with van der Waals surface area (Å²) < 4.78 is 17.7. The van der Waals surface area contributed by atoms with Crippen molar-refractivity contribution in [3.63, 3.8) is 0 Å². The van der Waals surface area contributed by atoms with E-state index in [0.29, 0.717) is 39.1 Å². The molecule has 2 bridgehead atoms. The summed E-state index contributed by atoms with van der Waals surface area (Å²) in [5, 5.41) is 13.3. The molecule has 262 valence electrons. The van der Waals surface area contributed by atoms with Gasteiger partial charge in [0.15, 0.2) is 0 Å². The number of carbonyl (C=O) groups is 4. The number of aliphatic hydroxyl groups excluding tert-OH is 1. The lowest BCUT2D eigenvalue weighted by atomic mass is 9.70. The molecule has 0 saturated carbocycles. The first-order valence-electron chi connectivity index (χ1n) is 16.7. The van der Waals surface area contributed by atoms with Gasteiger partial charge in [0.2, 0.25) is 17.7 Å². The molecule has 5 rings (SSSR count). The Hall–Kier alpha value is -3.10. The molecule has 13 heteroatoms. The number of likely N-dealkylation sites (tertiary alicyclic amines) is 1. The Labute approximate surface area is 290 Å². The first-order chi connectivity index (χ1) is 23.2. The lowest BCUT2D eigenvalue weighted by Crippen LogP contribution is -2.59. The summed E-state index contributed by atoms with van der Waals surface area (Å²) in [5.41, 5.74) is -0.547. The first kappa shape index (κ1) is 36.2. The molecule has 0 radical (unpaired) electrons. The van der Waals surface area contributed by atoms with E-state index in [9.17, 15) is 24.3 Å². The zero-order valence-electron chi connectivity index (χ0n) is 27.5. The maximum Gasteiger partial charge on any atom is 0.306 e. The first-order valence-corrected chi connectivity index (χ1v) is 17.6. The minimum absolute atomic E-state index is 0.0973. The number of halogens is 1. The van der Waals surface area contributed by atoms with Crippen molar-refractivity contribution in [2.24, 2.45) is 11.8 Å². The predicted molar refractivity (Wildman–Crippen MR) is 181 cm³/mol. The Morgan fingerprint density at radius 3 is 2.60 bits per heavy atom. The van der Waals surface area contributed by atoms with Crippen molar-refractivity contribution in [2.45, 2.75) is 60.8 Å². The number of rotatable bonds is 16. The van der Waals surface area contributed by atoms with Crippen molar-refractivity contribution in [1.82, 2.24) is 20.0 Å². The van der Waals surface area contributed by atoms with Crippen LogP contribution in [-0.4, -0.2) is 131 Å². The number of esters is 1. The molecule has 4 heterocycles. The molecule has 3 amide bonds. The highest BCUT2D eigenvalue weighted by atomic mass is 79.9. The van der Waals surface area contributed by atoms with Crippen LogP contribution in [0.5, 0.6) is 0 Å². The highest BCUT2D eigenvalue weighted by Crippen LogP contribution is 2.60. The van der Waals surface area contributed by atoms with E-state index in [1.54, 1.807) is 24.0 Å². The summed E-state index contributed by atoms with van der Waals surface area (Å²) in [6.45, 7) is 12.8.